The summed E-state index contributed by atoms with van der Waals surface area (Å²) in [7, 11) is 1.91. The molecule has 0 saturated carbocycles. The predicted molar refractivity (Wildman–Crippen MR) is 68.5 cm³/mol. The summed E-state index contributed by atoms with van der Waals surface area (Å²) < 4.78 is 2.22. The van der Waals surface area contributed by atoms with E-state index in [1.54, 1.807) is 0 Å². The molecule has 2 heterocycles. The molecular formula is C13H13NS. The standard InChI is InChI=1S/C13H13NS/c1-14-10-13(15-8-4-5-9-15)11-6-2-3-7-12(11)14/h2-10,15H,1H3. The average molecular weight is 215 g/mol. The number of nitrogens with zero attached hydrogens (tertiary/aromatic N) is 1. The molecule has 76 valence electrons. The van der Waals surface area contributed by atoms with Gasteiger partial charge in [-0.2, -0.15) is 10.9 Å². The largest absolute Gasteiger partial charge is 0.349 e. The van der Waals surface area contributed by atoms with E-state index in [-0.39, 0.29) is 10.9 Å². The van der Waals surface area contributed by atoms with Gasteiger partial charge >= 0.3 is 0 Å². The SMILES string of the molecule is Cn1cc([SH]2C=CC=C2)c2ccccc21. The van der Waals surface area contributed by atoms with Crippen LogP contribution in [0.15, 0.2) is 58.3 Å². The van der Waals surface area contributed by atoms with E-state index in [4.69, 9.17) is 0 Å². The van der Waals surface area contributed by atoms with Crippen LogP contribution in [-0.4, -0.2) is 4.57 Å². The Balaban J connectivity index is 2.27. The van der Waals surface area contributed by atoms with Crippen LogP contribution in [0.1, 0.15) is 0 Å². The molecule has 0 amide bonds. The molecule has 0 unspecified atom stereocenters. The van der Waals surface area contributed by atoms with E-state index >= 15 is 0 Å². The van der Waals surface area contributed by atoms with Gasteiger partial charge in [0, 0.05) is 29.0 Å². The summed E-state index contributed by atoms with van der Waals surface area (Å²) in [6, 6.07) is 8.61. The summed E-state index contributed by atoms with van der Waals surface area (Å²) in [4.78, 5) is 1.47. The highest BCUT2D eigenvalue weighted by molar-refractivity contribution is 8.22. The zero-order chi connectivity index (χ0) is 10.3. The van der Waals surface area contributed by atoms with Crippen LogP contribution >= 0.6 is 10.9 Å². The van der Waals surface area contributed by atoms with Crippen molar-refractivity contribution in [3.8, 4) is 0 Å². The van der Waals surface area contributed by atoms with Crippen molar-refractivity contribution in [3.05, 3.63) is 53.4 Å². The average Bonchev–Trinajstić information content (AvgIpc) is 2.87. The Morgan fingerprint density at radius 3 is 2.60 bits per heavy atom. The van der Waals surface area contributed by atoms with E-state index in [1.165, 1.54) is 15.8 Å². The molecule has 0 saturated heterocycles. The second-order valence-corrected chi connectivity index (χ2v) is 5.63. The number of benzene rings is 1. The first-order valence-corrected chi connectivity index (χ1v) is 6.52. The van der Waals surface area contributed by atoms with Crippen LogP contribution in [0, 0.1) is 0 Å². The van der Waals surface area contributed by atoms with Crippen molar-refractivity contribution in [1.29, 1.82) is 0 Å². The van der Waals surface area contributed by atoms with Gasteiger partial charge in [0.2, 0.25) is 0 Å². The number of hydrogen-bond acceptors (Lipinski definition) is 0. The monoisotopic (exact) mass is 215 g/mol. The molecule has 2 heteroatoms. The van der Waals surface area contributed by atoms with E-state index < -0.39 is 0 Å². The van der Waals surface area contributed by atoms with Crippen LogP contribution in [0.3, 0.4) is 0 Å². The van der Waals surface area contributed by atoms with Crippen molar-refractivity contribution in [1.82, 2.24) is 4.57 Å². The third-order valence-electron chi connectivity index (χ3n) is 2.76. The molecule has 0 bridgehead atoms. The lowest BCUT2D eigenvalue weighted by Crippen LogP contribution is -1.81. The van der Waals surface area contributed by atoms with Gasteiger partial charge in [0.05, 0.1) is 0 Å². The molecule has 0 aliphatic carbocycles. The highest BCUT2D eigenvalue weighted by Gasteiger charge is 2.10. The number of aromatic nitrogens is 1. The smallest absolute Gasteiger partial charge is 0.0488 e. The maximum Gasteiger partial charge on any atom is 0.0488 e. The number of thiol groups is 1. The summed E-state index contributed by atoms with van der Waals surface area (Å²) in [5, 5.41) is 6.00. The normalized spacial score (nSPS) is 16.7. The van der Waals surface area contributed by atoms with Crippen molar-refractivity contribution in [2.24, 2.45) is 7.05 Å². The molecule has 1 aliphatic heterocycles. The van der Waals surface area contributed by atoms with Crippen LogP contribution in [-0.2, 0) is 7.05 Å². The Kier molecular flexibility index (Phi) is 1.96. The molecule has 1 nitrogen and oxygen atoms in total. The van der Waals surface area contributed by atoms with Crippen molar-refractivity contribution in [3.63, 3.8) is 0 Å². The highest BCUT2D eigenvalue weighted by Crippen LogP contribution is 2.45. The Hall–Kier alpha value is -1.41. The lowest BCUT2D eigenvalue weighted by atomic mass is 10.2. The molecule has 1 aliphatic rings. The number of rotatable bonds is 1. The van der Waals surface area contributed by atoms with Gasteiger partial charge in [-0.3, -0.25) is 0 Å². The van der Waals surface area contributed by atoms with Gasteiger partial charge in [0.1, 0.15) is 0 Å². The topological polar surface area (TPSA) is 4.93 Å². The minimum Gasteiger partial charge on any atom is -0.349 e. The molecular weight excluding hydrogens is 202 g/mol. The van der Waals surface area contributed by atoms with Gasteiger partial charge in [-0.05, 0) is 16.9 Å². The minimum absolute atomic E-state index is 0.201. The molecule has 0 radical (unpaired) electrons. The number of aryl methyl sites for hydroxylation is 1. The van der Waals surface area contributed by atoms with E-state index in [0.29, 0.717) is 0 Å². The Morgan fingerprint density at radius 2 is 1.80 bits per heavy atom. The van der Waals surface area contributed by atoms with Gasteiger partial charge in [-0.25, -0.2) is 0 Å². The van der Waals surface area contributed by atoms with Crippen molar-refractivity contribution in [2.45, 2.75) is 4.90 Å². The minimum atomic E-state index is -0.201. The van der Waals surface area contributed by atoms with Crippen molar-refractivity contribution >= 4 is 21.8 Å². The third-order valence-corrected chi connectivity index (χ3v) is 4.66. The molecule has 1 aromatic carbocycles. The van der Waals surface area contributed by atoms with Gasteiger partial charge in [-0.1, -0.05) is 30.4 Å². The van der Waals surface area contributed by atoms with Crippen LogP contribution in [0.4, 0.5) is 0 Å². The highest BCUT2D eigenvalue weighted by atomic mass is 32.2. The molecule has 0 atom stereocenters. The first kappa shape index (κ1) is 8.86. The Labute approximate surface area is 92.1 Å². The summed E-state index contributed by atoms with van der Waals surface area (Å²) in [5.41, 5.74) is 1.32. The predicted octanol–water partition coefficient (Wildman–Crippen LogP) is 3.58. The first-order chi connectivity index (χ1) is 7.36. The number of para-hydroxylation sites is 1. The maximum absolute atomic E-state index is 2.30. The summed E-state index contributed by atoms with van der Waals surface area (Å²) >= 11 is 0. The summed E-state index contributed by atoms with van der Waals surface area (Å²) in [6.45, 7) is 0. The van der Waals surface area contributed by atoms with Crippen molar-refractivity contribution in [2.75, 3.05) is 0 Å². The second kappa shape index (κ2) is 3.31. The molecule has 0 spiro atoms. The van der Waals surface area contributed by atoms with E-state index in [1.807, 2.05) is 0 Å². The number of hydrogen-bond donors (Lipinski definition) is 1. The molecule has 0 fully saturated rings. The number of fused-ring (bicyclic) bond motifs is 1. The summed E-state index contributed by atoms with van der Waals surface area (Å²) in [6.07, 6.45) is 6.55. The van der Waals surface area contributed by atoms with Crippen LogP contribution in [0.5, 0.6) is 0 Å². The maximum atomic E-state index is 2.30. The van der Waals surface area contributed by atoms with Gasteiger partial charge in [0.25, 0.3) is 0 Å². The zero-order valence-corrected chi connectivity index (χ0v) is 9.49. The number of allylic oxidation sites excluding steroid dienone is 2. The second-order valence-electron chi connectivity index (χ2n) is 3.73. The van der Waals surface area contributed by atoms with Gasteiger partial charge < -0.3 is 4.57 Å². The van der Waals surface area contributed by atoms with Crippen LogP contribution < -0.4 is 0 Å². The molecule has 3 rings (SSSR count). The molecule has 15 heavy (non-hydrogen) atoms. The van der Waals surface area contributed by atoms with E-state index in [9.17, 15) is 0 Å². The van der Waals surface area contributed by atoms with E-state index in [0.717, 1.165) is 0 Å². The first-order valence-electron chi connectivity index (χ1n) is 5.04. The molecule has 0 N–H and O–H groups in total. The van der Waals surface area contributed by atoms with Gasteiger partial charge in [0.15, 0.2) is 0 Å². The Bertz CT molecular complexity index is 551. The fourth-order valence-electron chi connectivity index (χ4n) is 2.02. The molecule has 1 aromatic heterocycles. The summed E-state index contributed by atoms with van der Waals surface area (Å²) in [5.74, 6) is 0. The zero-order valence-electron chi connectivity index (χ0n) is 8.59. The van der Waals surface area contributed by atoms with Crippen molar-refractivity contribution < 1.29 is 0 Å². The van der Waals surface area contributed by atoms with Crippen LogP contribution in [0.25, 0.3) is 10.9 Å². The fourth-order valence-corrected chi connectivity index (χ4v) is 3.79. The van der Waals surface area contributed by atoms with Crippen LogP contribution in [0.2, 0.25) is 0 Å². The lowest BCUT2D eigenvalue weighted by molar-refractivity contribution is 0.958. The quantitative estimate of drug-likeness (QED) is 0.694. The third kappa shape index (κ3) is 1.33. The van der Waals surface area contributed by atoms with E-state index in [2.05, 4.69) is 65.0 Å². The Morgan fingerprint density at radius 1 is 1.07 bits per heavy atom. The molecule has 2 aromatic rings. The lowest BCUT2D eigenvalue weighted by Gasteiger charge is -2.07. The van der Waals surface area contributed by atoms with Gasteiger partial charge in [-0.15, -0.1) is 0 Å². The fraction of sp³-hybridized carbons (Fsp3) is 0.0769.